The summed E-state index contributed by atoms with van der Waals surface area (Å²) in [4.78, 5) is 15.3. The van der Waals surface area contributed by atoms with Crippen molar-refractivity contribution in [3.63, 3.8) is 0 Å². The summed E-state index contributed by atoms with van der Waals surface area (Å²) in [6.45, 7) is 1.96. The molecule has 0 saturated heterocycles. The summed E-state index contributed by atoms with van der Waals surface area (Å²) in [6.07, 6.45) is 3.48. The number of nitrogens with two attached hydrogens (primary N) is 1. The van der Waals surface area contributed by atoms with E-state index in [4.69, 9.17) is 5.73 Å². The minimum atomic E-state index is -0.410. The van der Waals surface area contributed by atoms with Crippen LogP contribution in [0.3, 0.4) is 0 Å². The Hall–Kier alpha value is -1.58. The van der Waals surface area contributed by atoms with E-state index in [0.29, 0.717) is 5.56 Å². The molecule has 5 heteroatoms. The summed E-state index contributed by atoms with van der Waals surface area (Å²) < 4.78 is 0. The third-order valence-electron chi connectivity index (χ3n) is 2.50. The zero-order valence-corrected chi connectivity index (χ0v) is 11.4. The first-order valence-electron chi connectivity index (χ1n) is 5.00. The summed E-state index contributed by atoms with van der Waals surface area (Å²) in [5.74, 6) is -0.410. The second-order valence-corrected chi connectivity index (χ2v) is 3.60. The first kappa shape index (κ1) is 16.4. The lowest BCUT2D eigenvalue weighted by molar-refractivity contribution is 0.100. The van der Waals surface area contributed by atoms with E-state index >= 15 is 0 Å². The number of pyridine rings is 1. The van der Waals surface area contributed by atoms with Gasteiger partial charge in [-0.1, -0.05) is 18.2 Å². The second-order valence-electron chi connectivity index (χ2n) is 3.60. The number of nitrogens with zero attached hydrogens (tertiary/aromatic N) is 1. The standard InChI is InChI=1S/C13H12N2O.2ClH/c1-9-8-15-7-6-10(9)11-4-2-3-5-12(11)13(14)16;;/h2-8H,1H3,(H2,14,16);2*1H. The predicted octanol–water partition coefficient (Wildman–Crippen LogP) is 3.00. The number of carbonyl (C=O) groups is 1. The Morgan fingerprint density at radius 3 is 2.39 bits per heavy atom. The maximum atomic E-state index is 11.3. The van der Waals surface area contributed by atoms with Crippen molar-refractivity contribution in [1.29, 1.82) is 0 Å². The Bertz CT molecular complexity index is 544. The number of aryl methyl sites for hydroxylation is 1. The Kier molecular flexibility index (Phi) is 6.37. The fraction of sp³-hybridized carbons (Fsp3) is 0.0769. The van der Waals surface area contributed by atoms with Crippen LogP contribution in [0.15, 0.2) is 42.7 Å². The van der Waals surface area contributed by atoms with Crippen LogP contribution in [0, 0.1) is 6.92 Å². The highest BCUT2D eigenvalue weighted by atomic mass is 35.5. The number of aromatic nitrogens is 1. The van der Waals surface area contributed by atoms with Crippen molar-refractivity contribution < 1.29 is 4.79 Å². The van der Waals surface area contributed by atoms with Crippen LogP contribution in [0.5, 0.6) is 0 Å². The first-order chi connectivity index (χ1) is 7.70. The van der Waals surface area contributed by atoms with E-state index < -0.39 is 5.91 Å². The number of halogens is 2. The van der Waals surface area contributed by atoms with Crippen LogP contribution >= 0.6 is 24.8 Å². The van der Waals surface area contributed by atoms with Crippen molar-refractivity contribution in [3.05, 3.63) is 53.9 Å². The summed E-state index contributed by atoms with van der Waals surface area (Å²) in [6, 6.07) is 9.21. The van der Waals surface area contributed by atoms with Crippen LogP contribution in [0.4, 0.5) is 0 Å². The van der Waals surface area contributed by atoms with E-state index in [1.807, 2.05) is 25.1 Å². The molecule has 1 aromatic heterocycles. The van der Waals surface area contributed by atoms with Gasteiger partial charge in [0.15, 0.2) is 0 Å². The van der Waals surface area contributed by atoms with Gasteiger partial charge in [-0.25, -0.2) is 0 Å². The van der Waals surface area contributed by atoms with E-state index in [2.05, 4.69) is 4.98 Å². The third kappa shape index (κ3) is 3.22. The van der Waals surface area contributed by atoms with Crippen molar-refractivity contribution in [2.45, 2.75) is 6.92 Å². The molecule has 0 aliphatic heterocycles. The van der Waals surface area contributed by atoms with Gasteiger partial charge in [0.05, 0.1) is 0 Å². The van der Waals surface area contributed by atoms with Crippen molar-refractivity contribution in [2.24, 2.45) is 5.73 Å². The zero-order chi connectivity index (χ0) is 11.5. The van der Waals surface area contributed by atoms with Gasteiger partial charge in [-0.15, -0.1) is 24.8 Å². The molecular formula is C13H14Cl2N2O. The molecule has 0 fully saturated rings. The van der Waals surface area contributed by atoms with Gasteiger partial charge in [0.25, 0.3) is 0 Å². The van der Waals surface area contributed by atoms with Crippen LogP contribution in [0.2, 0.25) is 0 Å². The Morgan fingerprint density at radius 2 is 1.78 bits per heavy atom. The molecule has 0 atom stereocenters. The van der Waals surface area contributed by atoms with Crippen molar-refractivity contribution in [2.75, 3.05) is 0 Å². The maximum absolute atomic E-state index is 11.3. The second kappa shape index (κ2) is 6.99. The number of hydrogen-bond donors (Lipinski definition) is 1. The summed E-state index contributed by atoms with van der Waals surface area (Å²) in [7, 11) is 0. The van der Waals surface area contributed by atoms with Crippen LogP contribution in [0.1, 0.15) is 15.9 Å². The molecule has 0 radical (unpaired) electrons. The molecule has 2 rings (SSSR count). The van der Waals surface area contributed by atoms with Crippen molar-refractivity contribution >= 4 is 30.7 Å². The van der Waals surface area contributed by atoms with Gasteiger partial charge in [0.1, 0.15) is 0 Å². The molecule has 1 aromatic carbocycles. The quantitative estimate of drug-likeness (QED) is 0.922. The Balaban J connectivity index is 0.00000144. The molecule has 1 amide bonds. The summed E-state index contributed by atoms with van der Waals surface area (Å²) >= 11 is 0. The molecule has 2 aromatic rings. The van der Waals surface area contributed by atoms with Gasteiger partial charge in [-0.3, -0.25) is 9.78 Å². The van der Waals surface area contributed by atoms with Gasteiger partial charge < -0.3 is 5.73 Å². The molecule has 0 aliphatic rings. The summed E-state index contributed by atoms with van der Waals surface area (Å²) in [5, 5.41) is 0. The number of primary amides is 1. The lowest BCUT2D eigenvalue weighted by Crippen LogP contribution is -2.12. The number of benzene rings is 1. The van der Waals surface area contributed by atoms with Crippen LogP contribution in [0.25, 0.3) is 11.1 Å². The third-order valence-corrected chi connectivity index (χ3v) is 2.50. The number of carbonyl (C=O) groups excluding carboxylic acids is 1. The average molecular weight is 285 g/mol. The molecular weight excluding hydrogens is 271 g/mol. The topological polar surface area (TPSA) is 56.0 Å². The predicted molar refractivity (Wildman–Crippen MR) is 77.4 cm³/mol. The van der Waals surface area contributed by atoms with Gasteiger partial charge in [-0.05, 0) is 35.7 Å². The fourth-order valence-electron chi connectivity index (χ4n) is 1.71. The minimum Gasteiger partial charge on any atom is -0.366 e. The van der Waals surface area contributed by atoms with Crippen LogP contribution in [-0.2, 0) is 0 Å². The molecule has 0 aliphatic carbocycles. The number of hydrogen-bond acceptors (Lipinski definition) is 2. The van der Waals surface area contributed by atoms with Crippen molar-refractivity contribution in [1.82, 2.24) is 4.98 Å². The van der Waals surface area contributed by atoms with Gasteiger partial charge >= 0.3 is 0 Å². The Morgan fingerprint density at radius 1 is 1.11 bits per heavy atom. The molecule has 96 valence electrons. The highest BCUT2D eigenvalue weighted by molar-refractivity contribution is 6.00. The smallest absolute Gasteiger partial charge is 0.249 e. The molecule has 0 saturated carbocycles. The molecule has 1 heterocycles. The van der Waals surface area contributed by atoms with E-state index in [1.165, 1.54) is 0 Å². The number of rotatable bonds is 2. The minimum absolute atomic E-state index is 0. The van der Waals surface area contributed by atoms with Gasteiger partial charge in [0.2, 0.25) is 5.91 Å². The lowest BCUT2D eigenvalue weighted by Gasteiger charge is -2.08. The van der Waals surface area contributed by atoms with Crippen LogP contribution < -0.4 is 5.73 Å². The lowest BCUT2D eigenvalue weighted by atomic mass is 9.97. The highest BCUT2D eigenvalue weighted by Gasteiger charge is 2.10. The van der Waals surface area contributed by atoms with E-state index in [1.54, 1.807) is 24.5 Å². The van der Waals surface area contributed by atoms with E-state index in [0.717, 1.165) is 16.7 Å². The monoisotopic (exact) mass is 284 g/mol. The SMILES string of the molecule is Cc1cnccc1-c1ccccc1C(N)=O.Cl.Cl. The first-order valence-corrected chi connectivity index (χ1v) is 5.00. The summed E-state index contributed by atoms with van der Waals surface area (Å²) in [5.41, 5.74) is 8.76. The van der Waals surface area contributed by atoms with Crippen LogP contribution in [-0.4, -0.2) is 10.9 Å². The molecule has 0 spiro atoms. The van der Waals surface area contributed by atoms with Crippen molar-refractivity contribution in [3.8, 4) is 11.1 Å². The fourth-order valence-corrected chi connectivity index (χ4v) is 1.71. The molecule has 0 unspecified atom stereocenters. The highest BCUT2D eigenvalue weighted by Crippen LogP contribution is 2.25. The maximum Gasteiger partial charge on any atom is 0.249 e. The average Bonchev–Trinajstić information content (AvgIpc) is 2.29. The molecule has 0 bridgehead atoms. The molecule has 3 nitrogen and oxygen atoms in total. The normalized spacial score (nSPS) is 8.94. The molecule has 18 heavy (non-hydrogen) atoms. The number of amides is 1. The largest absolute Gasteiger partial charge is 0.366 e. The van der Waals surface area contributed by atoms with Gasteiger partial charge in [0, 0.05) is 18.0 Å². The van der Waals surface area contributed by atoms with Gasteiger partial charge in [-0.2, -0.15) is 0 Å². The van der Waals surface area contributed by atoms with E-state index in [-0.39, 0.29) is 24.8 Å². The van der Waals surface area contributed by atoms with E-state index in [9.17, 15) is 4.79 Å². The zero-order valence-electron chi connectivity index (χ0n) is 9.79. The Labute approximate surface area is 118 Å². The molecule has 2 N–H and O–H groups in total.